The molecule has 0 aromatic heterocycles. The van der Waals surface area contributed by atoms with Gasteiger partial charge in [-0.25, -0.2) is 0 Å². The molecule has 6 heteroatoms. The van der Waals surface area contributed by atoms with E-state index in [1.54, 1.807) is 24.3 Å². The predicted molar refractivity (Wildman–Crippen MR) is 90.3 cm³/mol. The second kappa shape index (κ2) is 8.86. The molecule has 24 heavy (non-hydrogen) atoms. The second-order valence-electron chi connectivity index (χ2n) is 5.74. The van der Waals surface area contributed by atoms with Gasteiger partial charge in [-0.2, -0.15) is 0 Å². The van der Waals surface area contributed by atoms with Crippen LogP contribution >= 0.6 is 0 Å². The van der Waals surface area contributed by atoms with Crippen molar-refractivity contribution in [1.29, 1.82) is 0 Å². The minimum absolute atomic E-state index is 0.00452. The molecule has 2 N–H and O–H groups in total. The molecule has 0 unspecified atom stereocenters. The van der Waals surface area contributed by atoms with Crippen LogP contribution in [0.3, 0.4) is 0 Å². The molecule has 1 aliphatic rings. The molecule has 128 valence electrons. The Morgan fingerprint density at radius 1 is 1.17 bits per heavy atom. The number of nitrogens with one attached hydrogen (secondary N) is 2. The molecule has 2 rings (SSSR count). The maximum absolute atomic E-state index is 12.0. The third kappa shape index (κ3) is 5.87. The lowest BCUT2D eigenvalue weighted by molar-refractivity contribution is -0.141. The summed E-state index contributed by atoms with van der Waals surface area (Å²) in [6.07, 6.45) is 6.94. The first-order valence-corrected chi connectivity index (χ1v) is 7.96. The molecule has 0 heterocycles. The molecule has 0 saturated carbocycles. The molecule has 1 aromatic rings. The van der Waals surface area contributed by atoms with Crippen LogP contribution in [0.5, 0.6) is 0 Å². The molecule has 0 saturated heterocycles. The van der Waals surface area contributed by atoms with Gasteiger partial charge in [-0.1, -0.05) is 24.3 Å². The van der Waals surface area contributed by atoms with Gasteiger partial charge in [-0.3, -0.25) is 14.4 Å². The van der Waals surface area contributed by atoms with Gasteiger partial charge in [0.2, 0.25) is 11.8 Å². The van der Waals surface area contributed by atoms with Crippen LogP contribution in [-0.4, -0.2) is 31.4 Å². The fourth-order valence-corrected chi connectivity index (χ4v) is 2.51. The molecule has 1 aromatic carbocycles. The minimum Gasteiger partial charge on any atom is -0.468 e. The topological polar surface area (TPSA) is 84.5 Å². The van der Waals surface area contributed by atoms with Crippen molar-refractivity contribution >= 4 is 23.5 Å². The summed E-state index contributed by atoms with van der Waals surface area (Å²) >= 11 is 0. The van der Waals surface area contributed by atoms with Crippen LogP contribution in [0.1, 0.15) is 24.8 Å². The lowest BCUT2D eigenvalue weighted by atomic mass is 10.0. The number of hydrogen-bond acceptors (Lipinski definition) is 4. The smallest absolute Gasteiger partial charge is 0.325 e. The van der Waals surface area contributed by atoms with E-state index in [0.717, 1.165) is 18.4 Å². The first-order chi connectivity index (χ1) is 11.6. The molecule has 0 spiro atoms. The average molecular weight is 330 g/mol. The fourth-order valence-electron chi connectivity index (χ4n) is 2.51. The normalized spacial score (nSPS) is 15.8. The summed E-state index contributed by atoms with van der Waals surface area (Å²) in [4.78, 5) is 34.6. The molecule has 6 nitrogen and oxygen atoms in total. The highest BCUT2D eigenvalue weighted by Crippen LogP contribution is 2.21. The maximum Gasteiger partial charge on any atom is 0.325 e. The zero-order valence-corrected chi connectivity index (χ0v) is 13.7. The van der Waals surface area contributed by atoms with Crippen molar-refractivity contribution < 1.29 is 19.1 Å². The van der Waals surface area contributed by atoms with Crippen LogP contribution in [-0.2, 0) is 25.5 Å². The lowest BCUT2D eigenvalue weighted by Crippen LogP contribution is -2.31. The number of esters is 1. The number of ether oxygens (including phenoxy) is 1. The molecule has 0 aliphatic heterocycles. The zero-order valence-electron chi connectivity index (χ0n) is 13.7. The molecule has 1 aliphatic carbocycles. The van der Waals surface area contributed by atoms with E-state index in [1.807, 2.05) is 0 Å². The van der Waals surface area contributed by atoms with Crippen molar-refractivity contribution in [3.63, 3.8) is 0 Å². The first kappa shape index (κ1) is 17.7. The van der Waals surface area contributed by atoms with Gasteiger partial charge in [0.15, 0.2) is 0 Å². The van der Waals surface area contributed by atoms with E-state index in [9.17, 15) is 14.4 Å². The van der Waals surface area contributed by atoms with Crippen LogP contribution in [0, 0.1) is 5.92 Å². The Balaban J connectivity index is 1.77. The maximum atomic E-state index is 12.0. The molecule has 1 atom stereocenters. The number of benzene rings is 1. The first-order valence-electron chi connectivity index (χ1n) is 7.96. The molecule has 0 bridgehead atoms. The number of amides is 2. The van der Waals surface area contributed by atoms with Crippen LogP contribution in [0.4, 0.5) is 5.69 Å². The summed E-state index contributed by atoms with van der Waals surface area (Å²) < 4.78 is 4.45. The van der Waals surface area contributed by atoms with E-state index in [0.29, 0.717) is 18.0 Å². The van der Waals surface area contributed by atoms with Gasteiger partial charge >= 0.3 is 5.97 Å². The fraction of sp³-hybridized carbons (Fsp3) is 0.389. The van der Waals surface area contributed by atoms with Crippen LogP contribution in [0.25, 0.3) is 0 Å². The van der Waals surface area contributed by atoms with Crippen molar-refractivity contribution in [2.24, 2.45) is 5.92 Å². The average Bonchev–Trinajstić information content (AvgIpc) is 3.07. The van der Waals surface area contributed by atoms with Gasteiger partial charge in [0.05, 0.1) is 13.5 Å². The number of rotatable bonds is 7. The summed E-state index contributed by atoms with van der Waals surface area (Å²) in [6.45, 7) is -0.140. The second-order valence-corrected chi connectivity index (χ2v) is 5.74. The number of anilines is 1. The summed E-state index contributed by atoms with van der Waals surface area (Å²) in [7, 11) is 1.27. The van der Waals surface area contributed by atoms with E-state index in [1.165, 1.54) is 7.11 Å². The predicted octanol–water partition coefficient (Wildman–Crippen LogP) is 1.81. The molecular weight excluding hydrogens is 308 g/mol. The Hall–Kier alpha value is -2.63. The lowest BCUT2D eigenvalue weighted by Gasteiger charge is -2.09. The molecule has 2 amide bonds. The highest BCUT2D eigenvalue weighted by Gasteiger charge is 2.14. The standard InChI is InChI=1S/C18H22N2O4/c1-24-18(23)12-19-16(21)10-14-6-8-15(9-7-14)20-17(22)11-13-4-2-3-5-13/h2,4,6-9,13H,3,5,10-12H2,1H3,(H,19,21)(H,20,22)/t13-/m0/s1. The summed E-state index contributed by atoms with van der Waals surface area (Å²) in [6, 6.07) is 7.10. The van der Waals surface area contributed by atoms with E-state index in [2.05, 4.69) is 27.5 Å². The van der Waals surface area contributed by atoms with E-state index >= 15 is 0 Å². The minimum atomic E-state index is -0.487. The Bertz CT molecular complexity index is 622. The Kier molecular flexibility index (Phi) is 6.54. The van der Waals surface area contributed by atoms with E-state index in [4.69, 9.17) is 0 Å². The van der Waals surface area contributed by atoms with Gasteiger partial charge in [0, 0.05) is 12.1 Å². The van der Waals surface area contributed by atoms with Gasteiger partial charge < -0.3 is 15.4 Å². The highest BCUT2D eigenvalue weighted by atomic mass is 16.5. The van der Waals surface area contributed by atoms with E-state index < -0.39 is 5.97 Å². The van der Waals surface area contributed by atoms with Gasteiger partial charge in [-0.05, 0) is 36.5 Å². The van der Waals surface area contributed by atoms with Crippen LogP contribution in [0.2, 0.25) is 0 Å². The molecular formula is C18H22N2O4. The Labute approximate surface area is 141 Å². The number of carbonyl (C=O) groups excluding carboxylic acids is 3. The van der Waals surface area contributed by atoms with Gasteiger partial charge in [0.1, 0.15) is 6.54 Å². The Morgan fingerprint density at radius 3 is 2.54 bits per heavy atom. The highest BCUT2D eigenvalue weighted by molar-refractivity contribution is 5.91. The number of methoxy groups -OCH3 is 1. The number of carbonyl (C=O) groups is 3. The van der Waals surface area contributed by atoms with Crippen LogP contribution in [0.15, 0.2) is 36.4 Å². The number of hydrogen-bond donors (Lipinski definition) is 2. The van der Waals surface area contributed by atoms with Crippen molar-refractivity contribution in [2.75, 3.05) is 19.0 Å². The summed E-state index contributed by atoms with van der Waals surface area (Å²) in [5, 5.41) is 5.34. The molecule has 0 fully saturated rings. The Morgan fingerprint density at radius 2 is 1.92 bits per heavy atom. The number of allylic oxidation sites excluding steroid dienone is 2. The van der Waals surface area contributed by atoms with Gasteiger partial charge in [-0.15, -0.1) is 0 Å². The van der Waals surface area contributed by atoms with Crippen LogP contribution < -0.4 is 10.6 Å². The zero-order chi connectivity index (χ0) is 17.4. The van der Waals surface area contributed by atoms with Crippen molar-refractivity contribution in [1.82, 2.24) is 5.32 Å². The van der Waals surface area contributed by atoms with Crippen molar-refractivity contribution in [3.8, 4) is 0 Å². The van der Waals surface area contributed by atoms with Gasteiger partial charge in [0.25, 0.3) is 0 Å². The summed E-state index contributed by atoms with van der Waals surface area (Å²) in [5.41, 5.74) is 1.51. The quantitative estimate of drug-likeness (QED) is 0.590. The summed E-state index contributed by atoms with van der Waals surface area (Å²) in [5.74, 6) is -0.415. The van der Waals surface area contributed by atoms with Crippen molar-refractivity contribution in [2.45, 2.75) is 25.7 Å². The van der Waals surface area contributed by atoms with E-state index in [-0.39, 0.29) is 24.8 Å². The third-order valence-electron chi connectivity index (χ3n) is 3.82. The van der Waals surface area contributed by atoms with Crippen molar-refractivity contribution in [3.05, 3.63) is 42.0 Å². The third-order valence-corrected chi connectivity index (χ3v) is 3.82. The largest absolute Gasteiger partial charge is 0.468 e. The molecule has 0 radical (unpaired) electrons. The monoisotopic (exact) mass is 330 g/mol. The SMILES string of the molecule is COC(=O)CNC(=O)Cc1ccc(NC(=O)C[C@H]2C=CCC2)cc1.